The lowest BCUT2D eigenvalue weighted by Gasteiger charge is -2.11. The first-order valence-corrected chi connectivity index (χ1v) is 6.00. The Bertz CT molecular complexity index is 331. The van der Waals surface area contributed by atoms with E-state index in [1.807, 2.05) is 6.92 Å². The van der Waals surface area contributed by atoms with Gasteiger partial charge in [0.15, 0.2) is 0 Å². The monoisotopic (exact) mass is 258 g/mol. The first-order chi connectivity index (χ1) is 8.47. The summed E-state index contributed by atoms with van der Waals surface area (Å²) in [6.07, 6.45) is 2.83. The lowest BCUT2D eigenvalue weighted by atomic mass is 10.00. The van der Waals surface area contributed by atoms with Crippen LogP contribution in [0.3, 0.4) is 0 Å². The van der Waals surface area contributed by atoms with Crippen LogP contribution in [0.1, 0.15) is 39.0 Å². The zero-order valence-electron chi connectivity index (χ0n) is 10.4. The van der Waals surface area contributed by atoms with Crippen molar-refractivity contribution in [2.75, 3.05) is 13.2 Å². The van der Waals surface area contributed by atoms with Crippen molar-refractivity contribution in [3.8, 4) is 0 Å². The van der Waals surface area contributed by atoms with E-state index in [1.165, 1.54) is 0 Å². The van der Waals surface area contributed by atoms with Crippen molar-refractivity contribution in [3.63, 3.8) is 0 Å². The third-order valence-electron chi connectivity index (χ3n) is 3.13. The fourth-order valence-electron chi connectivity index (χ4n) is 1.67. The summed E-state index contributed by atoms with van der Waals surface area (Å²) in [4.78, 5) is 32.4. The minimum absolute atomic E-state index is 0.0238. The Hall–Kier alpha value is -1.59. The number of carbonyl (C=O) groups excluding carboxylic acids is 2. The number of hydrogen-bond acceptors (Lipinski definition) is 5. The maximum Gasteiger partial charge on any atom is 0.317 e. The van der Waals surface area contributed by atoms with E-state index in [0.29, 0.717) is 6.42 Å². The van der Waals surface area contributed by atoms with E-state index in [-0.39, 0.29) is 24.6 Å². The van der Waals surface area contributed by atoms with Crippen LogP contribution in [0.15, 0.2) is 0 Å². The highest BCUT2D eigenvalue weighted by Crippen LogP contribution is 2.51. The van der Waals surface area contributed by atoms with E-state index in [2.05, 4.69) is 4.74 Å². The molecule has 1 aliphatic carbocycles. The largest absolute Gasteiger partial charge is 0.481 e. The molecule has 1 N–H and O–H groups in total. The number of carboxylic acid groups (broad SMARTS) is 1. The van der Waals surface area contributed by atoms with Crippen molar-refractivity contribution in [2.45, 2.75) is 39.0 Å². The van der Waals surface area contributed by atoms with Gasteiger partial charge < -0.3 is 14.6 Å². The Labute approximate surface area is 105 Å². The van der Waals surface area contributed by atoms with Crippen LogP contribution in [0, 0.1) is 5.41 Å². The van der Waals surface area contributed by atoms with Crippen molar-refractivity contribution >= 4 is 17.9 Å². The second-order valence-electron chi connectivity index (χ2n) is 4.54. The average Bonchev–Trinajstić information content (AvgIpc) is 3.04. The van der Waals surface area contributed by atoms with Crippen molar-refractivity contribution < 1.29 is 29.0 Å². The van der Waals surface area contributed by atoms with E-state index >= 15 is 0 Å². The molecule has 1 rings (SSSR count). The molecule has 0 saturated heterocycles. The highest BCUT2D eigenvalue weighted by atomic mass is 16.6. The summed E-state index contributed by atoms with van der Waals surface area (Å²) < 4.78 is 9.49. The molecule has 0 aliphatic heterocycles. The molecular formula is C12H18O6. The van der Waals surface area contributed by atoms with E-state index in [1.54, 1.807) is 0 Å². The van der Waals surface area contributed by atoms with E-state index in [9.17, 15) is 14.4 Å². The molecule has 0 aromatic carbocycles. The Morgan fingerprint density at radius 1 is 1.11 bits per heavy atom. The summed E-state index contributed by atoms with van der Waals surface area (Å²) in [7, 11) is 0. The van der Waals surface area contributed by atoms with Crippen LogP contribution in [0.25, 0.3) is 0 Å². The van der Waals surface area contributed by atoms with Gasteiger partial charge in [0, 0.05) is 0 Å². The first kappa shape index (κ1) is 14.5. The van der Waals surface area contributed by atoms with Crippen molar-refractivity contribution in [3.05, 3.63) is 0 Å². The minimum Gasteiger partial charge on any atom is -0.481 e. The molecule has 0 amide bonds. The first-order valence-electron chi connectivity index (χ1n) is 6.00. The molecule has 0 spiro atoms. The highest BCUT2D eigenvalue weighted by molar-refractivity contribution is 5.90. The maximum atomic E-state index is 11.4. The molecule has 6 heteroatoms. The molecule has 1 aliphatic rings. The number of carboxylic acids is 1. The topological polar surface area (TPSA) is 89.9 Å². The minimum atomic E-state index is -1.24. The third-order valence-corrected chi connectivity index (χ3v) is 3.13. The quantitative estimate of drug-likeness (QED) is 0.398. The van der Waals surface area contributed by atoms with Crippen molar-refractivity contribution in [2.24, 2.45) is 5.41 Å². The maximum absolute atomic E-state index is 11.4. The Balaban J connectivity index is 2.05. The normalized spacial score (nSPS) is 15.8. The van der Waals surface area contributed by atoms with Crippen LogP contribution >= 0.6 is 0 Å². The van der Waals surface area contributed by atoms with Crippen LogP contribution < -0.4 is 0 Å². The third kappa shape index (κ3) is 5.16. The number of rotatable bonds is 8. The van der Waals surface area contributed by atoms with Gasteiger partial charge in [-0.2, -0.15) is 0 Å². The summed E-state index contributed by atoms with van der Waals surface area (Å²) >= 11 is 0. The number of ether oxygens (including phenoxy) is 2. The predicted octanol–water partition coefficient (Wildman–Crippen LogP) is 1.13. The van der Waals surface area contributed by atoms with Gasteiger partial charge in [-0.3, -0.25) is 14.4 Å². The lowest BCUT2D eigenvalue weighted by molar-refractivity contribution is -0.156. The van der Waals surface area contributed by atoms with Crippen molar-refractivity contribution in [1.82, 2.24) is 0 Å². The SMILES string of the molecule is CCC1(CC(=O)OCCOC(=O)CC(=O)O)CC1. The molecule has 1 fully saturated rings. The van der Waals surface area contributed by atoms with Crippen LogP contribution in [-0.4, -0.2) is 36.2 Å². The summed E-state index contributed by atoms with van der Waals surface area (Å²) in [5.41, 5.74) is 0.136. The van der Waals surface area contributed by atoms with Crippen LogP contribution in [0.5, 0.6) is 0 Å². The van der Waals surface area contributed by atoms with Gasteiger partial charge in [-0.25, -0.2) is 0 Å². The number of hydrogen-bond donors (Lipinski definition) is 1. The molecule has 0 heterocycles. The fraction of sp³-hybridized carbons (Fsp3) is 0.750. The lowest BCUT2D eigenvalue weighted by Crippen LogP contribution is -2.17. The molecule has 0 aromatic heterocycles. The van der Waals surface area contributed by atoms with Crippen LogP contribution in [-0.2, 0) is 23.9 Å². The van der Waals surface area contributed by atoms with Gasteiger partial charge in [-0.1, -0.05) is 6.92 Å². The zero-order chi connectivity index (χ0) is 13.6. The Morgan fingerprint density at radius 2 is 1.67 bits per heavy atom. The predicted molar refractivity (Wildman–Crippen MR) is 60.7 cm³/mol. The number of esters is 2. The Kier molecular flexibility index (Phi) is 5.12. The molecule has 102 valence electrons. The number of aliphatic carboxylic acids is 1. The van der Waals surface area contributed by atoms with E-state index < -0.39 is 18.4 Å². The summed E-state index contributed by atoms with van der Waals surface area (Å²) in [5, 5.41) is 8.30. The van der Waals surface area contributed by atoms with Gasteiger partial charge in [0.05, 0.1) is 6.42 Å². The van der Waals surface area contributed by atoms with E-state index in [4.69, 9.17) is 9.84 Å². The van der Waals surface area contributed by atoms with Gasteiger partial charge >= 0.3 is 17.9 Å². The van der Waals surface area contributed by atoms with Gasteiger partial charge in [-0.15, -0.1) is 0 Å². The van der Waals surface area contributed by atoms with Gasteiger partial charge in [-0.05, 0) is 24.7 Å². The molecule has 0 bridgehead atoms. The average molecular weight is 258 g/mol. The van der Waals surface area contributed by atoms with Crippen molar-refractivity contribution in [1.29, 1.82) is 0 Å². The standard InChI is InChI=1S/C12H18O6/c1-2-12(3-4-12)8-11(16)18-6-5-17-10(15)7-9(13)14/h2-8H2,1H3,(H,13,14). The summed E-state index contributed by atoms with van der Waals surface area (Å²) in [5.74, 6) is -2.36. The molecule has 6 nitrogen and oxygen atoms in total. The fourth-order valence-corrected chi connectivity index (χ4v) is 1.67. The molecular weight excluding hydrogens is 240 g/mol. The van der Waals surface area contributed by atoms with Gasteiger partial charge in [0.25, 0.3) is 0 Å². The Morgan fingerprint density at radius 3 is 2.11 bits per heavy atom. The molecule has 0 unspecified atom stereocenters. The van der Waals surface area contributed by atoms with Crippen LogP contribution in [0.4, 0.5) is 0 Å². The highest BCUT2D eigenvalue weighted by Gasteiger charge is 2.42. The number of carbonyl (C=O) groups is 3. The molecule has 0 aromatic rings. The van der Waals surface area contributed by atoms with E-state index in [0.717, 1.165) is 19.3 Å². The van der Waals surface area contributed by atoms with Gasteiger partial charge in [0.1, 0.15) is 19.6 Å². The zero-order valence-corrected chi connectivity index (χ0v) is 10.4. The van der Waals surface area contributed by atoms with Crippen LogP contribution in [0.2, 0.25) is 0 Å². The summed E-state index contributed by atoms with van der Waals surface area (Å²) in [6, 6.07) is 0. The smallest absolute Gasteiger partial charge is 0.317 e. The summed E-state index contributed by atoms with van der Waals surface area (Å²) in [6.45, 7) is 1.93. The second-order valence-corrected chi connectivity index (χ2v) is 4.54. The molecule has 0 radical (unpaired) electrons. The second kappa shape index (κ2) is 6.37. The van der Waals surface area contributed by atoms with Gasteiger partial charge in [0.2, 0.25) is 0 Å². The molecule has 0 atom stereocenters. The molecule has 1 saturated carbocycles. The molecule has 18 heavy (non-hydrogen) atoms.